The van der Waals surface area contributed by atoms with Crippen LogP contribution in [0.1, 0.15) is 24.1 Å². The Morgan fingerprint density at radius 3 is 2.61 bits per heavy atom. The molecule has 3 N–H and O–H groups in total. The Morgan fingerprint density at radius 2 is 1.93 bits per heavy atom. The molecule has 1 unspecified atom stereocenters. The quantitative estimate of drug-likeness (QED) is 0.631. The summed E-state index contributed by atoms with van der Waals surface area (Å²) in [5, 5.41) is 14.6. The highest BCUT2D eigenvalue weighted by Crippen LogP contribution is 2.34. The van der Waals surface area contributed by atoms with Gasteiger partial charge in [-0.1, -0.05) is 45.3 Å². The van der Waals surface area contributed by atoms with Crippen LogP contribution in [0.5, 0.6) is 5.75 Å². The Hall–Kier alpha value is -3.20. The fourth-order valence-corrected chi connectivity index (χ4v) is 3.40. The first-order valence-corrected chi connectivity index (χ1v) is 9.35. The predicted molar refractivity (Wildman–Crippen MR) is 106 cm³/mol. The minimum Gasteiger partial charge on any atom is -0.489 e. The molecule has 2 heterocycles. The van der Waals surface area contributed by atoms with Crippen LogP contribution in [-0.2, 0) is 11.4 Å². The summed E-state index contributed by atoms with van der Waals surface area (Å²) in [4.78, 5) is 12.0. The number of allylic oxidation sites excluding steroid dienone is 1. The van der Waals surface area contributed by atoms with Crippen molar-refractivity contribution in [2.45, 2.75) is 19.6 Å². The van der Waals surface area contributed by atoms with Crippen molar-refractivity contribution in [2.24, 2.45) is 5.73 Å². The first-order valence-electron chi connectivity index (χ1n) is 8.55. The van der Waals surface area contributed by atoms with Gasteiger partial charge in [0.15, 0.2) is 0 Å². The summed E-state index contributed by atoms with van der Waals surface area (Å²) in [7, 11) is 0. The maximum Gasteiger partial charge on any atom is 0.248 e. The topological polar surface area (TPSA) is 108 Å². The third kappa shape index (κ3) is 3.48. The van der Waals surface area contributed by atoms with E-state index in [1.807, 2.05) is 48.5 Å². The summed E-state index contributed by atoms with van der Waals surface area (Å²) in [6.07, 6.45) is 0. The van der Waals surface area contributed by atoms with Gasteiger partial charge in [0, 0.05) is 10.2 Å². The van der Waals surface area contributed by atoms with E-state index in [0.717, 1.165) is 21.3 Å². The van der Waals surface area contributed by atoms with Crippen LogP contribution >= 0.6 is 15.9 Å². The van der Waals surface area contributed by atoms with Gasteiger partial charge >= 0.3 is 0 Å². The number of aromatic nitrogens is 4. The summed E-state index contributed by atoms with van der Waals surface area (Å²) < 4.78 is 8.42. The van der Waals surface area contributed by atoms with E-state index in [2.05, 4.69) is 36.8 Å². The molecule has 9 heteroatoms. The van der Waals surface area contributed by atoms with E-state index in [-0.39, 0.29) is 0 Å². The van der Waals surface area contributed by atoms with E-state index in [1.54, 1.807) is 11.6 Å². The number of primary amides is 1. The number of carbonyl (C=O) groups is 1. The first-order chi connectivity index (χ1) is 13.5. The maximum absolute atomic E-state index is 12.0. The predicted octanol–water partition coefficient (Wildman–Crippen LogP) is 2.79. The van der Waals surface area contributed by atoms with E-state index in [0.29, 0.717) is 23.8 Å². The maximum atomic E-state index is 12.0. The SMILES string of the molecule is CC1=C(C(N)=O)C(c2ccc(OCc3ccc(Br)cc3)cc2)n2nnnc2N1. The van der Waals surface area contributed by atoms with Gasteiger partial charge in [-0.05, 0) is 52.7 Å². The van der Waals surface area contributed by atoms with E-state index in [1.165, 1.54) is 0 Å². The Balaban J connectivity index is 1.57. The molecule has 1 amide bonds. The van der Waals surface area contributed by atoms with E-state index < -0.39 is 11.9 Å². The zero-order chi connectivity index (χ0) is 19.7. The molecule has 1 aliphatic rings. The van der Waals surface area contributed by atoms with Gasteiger partial charge in [0.2, 0.25) is 11.9 Å². The molecule has 8 nitrogen and oxygen atoms in total. The molecule has 1 aromatic heterocycles. The molecule has 1 atom stereocenters. The number of fused-ring (bicyclic) bond motifs is 1. The molecule has 2 aromatic carbocycles. The lowest BCUT2D eigenvalue weighted by Gasteiger charge is -2.26. The fourth-order valence-electron chi connectivity index (χ4n) is 3.13. The second-order valence-electron chi connectivity index (χ2n) is 6.36. The molecule has 0 spiro atoms. The summed E-state index contributed by atoms with van der Waals surface area (Å²) in [6, 6.07) is 14.9. The van der Waals surface area contributed by atoms with Crippen LogP contribution in [-0.4, -0.2) is 26.1 Å². The number of nitrogens with one attached hydrogen (secondary N) is 1. The molecule has 0 bridgehead atoms. The second-order valence-corrected chi connectivity index (χ2v) is 7.28. The largest absolute Gasteiger partial charge is 0.489 e. The molecule has 0 aliphatic carbocycles. The summed E-state index contributed by atoms with van der Waals surface area (Å²) in [5.74, 6) is 0.661. The van der Waals surface area contributed by atoms with Crippen LogP contribution in [0.4, 0.5) is 5.95 Å². The van der Waals surface area contributed by atoms with Crippen molar-refractivity contribution >= 4 is 27.8 Å². The highest BCUT2D eigenvalue weighted by molar-refractivity contribution is 9.10. The number of ether oxygens (including phenoxy) is 1. The van der Waals surface area contributed by atoms with Crippen LogP contribution < -0.4 is 15.8 Å². The number of hydrogen-bond donors (Lipinski definition) is 2. The molecule has 28 heavy (non-hydrogen) atoms. The number of carbonyl (C=O) groups excluding carboxylic acids is 1. The highest BCUT2D eigenvalue weighted by atomic mass is 79.9. The molecule has 142 valence electrons. The monoisotopic (exact) mass is 440 g/mol. The average molecular weight is 441 g/mol. The number of hydrogen-bond acceptors (Lipinski definition) is 6. The molecule has 3 aromatic rings. The van der Waals surface area contributed by atoms with Gasteiger partial charge in [0.05, 0.1) is 5.57 Å². The van der Waals surface area contributed by atoms with Gasteiger partial charge in [-0.3, -0.25) is 4.79 Å². The minimum absolute atomic E-state index is 0.420. The average Bonchev–Trinajstić information content (AvgIpc) is 3.14. The molecule has 0 saturated heterocycles. The Bertz CT molecular complexity index is 1040. The summed E-state index contributed by atoms with van der Waals surface area (Å²) in [5.41, 5.74) is 8.57. The smallest absolute Gasteiger partial charge is 0.248 e. The third-order valence-electron chi connectivity index (χ3n) is 4.49. The number of nitrogens with zero attached hydrogens (tertiary/aromatic N) is 4. The van der Waals surface area contributed by atoms with Crippen LogP contribution in [0.15, 0.2) is 64.3 Å². The van der Waals surface area contributed by atoms with E-state index in [9.17, 15) is 4.79 Å². The van der Waals surface area contributed by atoms with Gasteiger partial charge in [-0.2, -0.15) is 4.68 Å². The Morgan fingerprint density at radius 1 is 1.21 bits per heavy atom. The van der Waals surface area contributed by atoms with Crippen LogP contribution in [0, 0.1) is 0 Å². The Labute approximate surface area is 169 Å². The van der Waals surface area contributed by atoms with E-state index in [4.69, 9.17) is 10.5 Å². The number of halogens is 1. The Kier molecular flexibility index (Phi) is 4.82. The van der Waals surface area contributed by atoms with Gasteiger partial charge in [0.25, 0.3) is 0 Å². The first kappa shape index (κ1) is 18.2. The zero-order valence-electron chi connectivity index (χ0n) is 15.0. The van der Waals surface area contributed by atoms with Crippen molar-refractivity contribution < 1.29 is 9.53 Å². The lowest BCUT2D eigenvalue weighted by molar-refractivity contribution is -0.115. The molecule has 4 rings (SSSR count). The third-order valence-corrected chi connectivity index (χ3v) is 5.02. The van der Waals surface area contributed by atoms with Crippen molar-refractivity contribution in [1.29, 1.82) is 0 Å². The van der Waals surface area contributed by atoms with Gasteiger partial charge < -0.3 is 15.8 Å². The highest BCUT2D eigenvalue weighted by Gasteiger charge is 2.32. The second kappa shape index (κ2) is 7.43. The summed E-state index contributed by atoms with van der Waals surface area (Å²) in [6.45, 7) is 2.24. The van der Waals surface area contributed by atoms with Crippen molar-refractivity contribution in [3.63, 3.8) is 0 Å². The molecular formula is C19H17BrN6O2. The minimum atomic E-state index is -0.522. The van der Waals surface area contributed by atoms with Gasteiger partial charge in [0.1, 0.15) is 18.4 Å². The van der Waals surface area contributed by atoms with Gasteiger partial charge in [-0.25, -0.2) is 0 Å². The van der Waals surface area contributed by atoms with Crippen LogP contribution in [0.2, 0.25) is 0 Å². The number of tetrazole rings is 1. The van der Waals surface area contributed by atoms with Crippen molar-refractivity contribution in [1.82, 2.24) is 20.2 Å². The summed E-state index contributed by atoms with van der Waals surface area (Å²) >= 11 is 3.42. The molecule has 0 radical (unpaired) electrons. The fraction of sp³-hybridized carbons (Fsp3) is 0.158. The standard InChI is InChI=1S/C19H17BrN6O2/c1-11-16(18(21)27)17(26-19(22-11)23-24-25-26)13-4-8-15(9-5-13)28-10-12-2-6-14(20)7-3-12/h2-9,17H,10H2,1H3,(H2,21,27)(H,22,23,25). The zero-order valence-corrected chi connectivity index (χ0v) is 16.5. The van der Waals surface area contributed by atoms with E-state index >= 15 is 0 Å². The lowest BCUT2D eigenvalue weighted by Crippen LogP contribution is -2.31. The molecular weight excluding hydrogens is 424 g/mol. The number of anilines is 1. The lowest BCUT2D eigenvalue weighted by atomic mass is 9.95. The molecule has 1 aliphatic heterocycles. The number of benzene rings is 2. The number of amides is 1. The van der Waals surface area contributed by atoms with Crippen LogP contribution in [0.3, 0.4) is 0 Å². The number of rotatable bonds is 5. The van der Waals surface area contributed by atoms with Crippen LogP contribution in [0.25, 0.3) is 0 Å². The normalized spacial score (nSPS) is 15.7. The number of nitrogens with two attached hydrogens (primary N) is 1. The van der Waals surface area contributed by atoms with Crippen molar-refractivity contribution in [3.05, 3.63) is 75.4 Å². The molecule has 0 saturated carbocycles. The molecule has 0 fully saturated rings. The van der Waals surface area contributed by atoms with Crippen molar-refractivity contribution in [2.75, 3.05) is 5.32 Å². The van der Waals surface area contributed by atoms with Crippen molar-refractivity contribution in [3.8, 4) is 5.75 Å². The van der Waals surface area contributed by atoms with Gasteiger partial charge in [-0.15, -0.1) is 0 Å².